The third-order valence-corrected chi connectivity index (χ3v) is 1.63. The molecule has 0 aliphatic heterocycles. The quantitative estimate of drug-likeness (QED) is 0.502. The van der Waals surface area contributed by atoms with Crippen LogP contribution >= 0.6 is 0 Å². The smallest absolute Gasteiger partial charge is 0.128 e. The summed E-state index contributed by atoms with van der Waals surface area (Å²) in [7, 11) is 0. The zero-order valence-electron chi connectivity index (χ0n) is 6.39. The molecule has 0 spiro atoms. The molecule has 0 fully saturated rings. The lowest BCUT2D eigenvalue weighted by Crippen LogP contribution is -2.09. The maximum atomic E-state index is 12.9. The SMILES string of the molecule is CCc1c(F)cccc1NN. The lowest BCUT2D eigenvalue weighted by atomic mass is 10.1. The Bertz CT molecular complexity index is 248. The van der Waals surface area contributed by atoms with Crippen molar-refractivity contribution in [3.8, 4) is 0 Å². The van der Waals surface area contributed by atoms with Gasteiger partial charge in [0.15, 0.2) is 0 Å². The number of anilines is 1. The molecule has 0 saturated heterocycles. The van der Waals surface area contributed by atoms with Crippen LogP contribution in [0.15, 0.2) is 18.2 Å². The van der Waals surface area contributed by atoms with Crippen LogP contribution in [0, 0.1) is 5.82 Å². The van der Waals surface area contributed by atoms with Gasteiger partial charge in [-0.3, -0.25) is 5.84 Å². The first-order valence-corrected chi connectivity index (χ1v) is 3.53. The maximum Gasteiger partial charge on any atom is 0.128 e. The molecule has 1 rings (SSSR count). The number of hydrazine groups is 1. The molecular formula is C8H11FN2. The van der Waals surface area contributed by atoms with Gasteiger partial charge in [0.05, 0.1) is 5.69 Å². The molecule has 0 amide bonds. The molecule has 11 heavy (non-hydrogen) atoms. The Balaban J connectivity index is 3.13. The molecule has 0 atom stereocenters. The van der Waals surface area contributed by atoms with Crippen LogP contribution in [-0.4, -0.2) is 0 Å². The topological polar surface area (TPSA) is 38.0 Å². The largest absolute Gasteiger partial charge is 0.324 e. The summed E-state index contributed by atoms with van der Waals surface area (Å²) in [4.78, 5) is 0. The summed E-state index contributed by atoms with van der Waals surface area (Å²) >= 11 is 0. The van der Waals surface area contributed by atoms with Crippen molar-refractivity contribution < 1.29 is 4.39 Å². The zero-order valence-corrected chi connectivity index (χ0v) is 6.39. The molecule has 3 heteroatoms. The first-order valence-electron chi connectivity index (χ1n) is 3.53. The van der Waals surface area contributed by atoms with Gasteiger partial charge < -0.3 is 5.43 Å². The number of benzene rings is 1. The van der Waals surface area contributed by atoms with Gasteiger partial charge in [0.25, 0.3) is 0 Å². The summed E-state index contributed by atoms with van der Waals surface area (Å²) in [6.45, 7) is 1.89. The minimum absolute atomic E-state index is 0.206. The van der Waals surface area contributed by atoms with Crippen LogP contribution in [0.4, 0.5) is 10.1 Å². The monoisotopic (exact) mass is 154 g/mol. The Morgan fingerprint density at radius 3 is 2.73 bits per heavy atom. The average Bonchev–Trinajstić information content (AvgIpc) is 2.04. The average molecular weight is 154 g/mol. The van der Waals surface area contributed by atoms with Crippen molar-refractivity contribution in [3.05, 3.63) is 29.6 Å². The molecule has 0 saturated carbocycles. The third-order valence-electron chi connectivity index (χ3n) is 1.63. The minimum atomic E-state index is -0.206. The summed E-state index contributed by atoms with van der Waals surface area (Å²) in [5.41, 5.74) is 3.74. The second-order valence-corrected chi connectivity index (χ2v) is 2.26. The van der Waals surface area contributed by atoms with E-state index in [1.54, 1.807) is 12.1 Å². The molecule has 0 unspecified atom stereocenters. The highest BCUT2D eigenvalue weighted by Crippen LogP contribution is 2.17. The third kappa shape index (κ3) is 1.49. The van der Waals surface area contributed by atoms with E-state index < -0.39 is 0 Å². The van der Waals surface area contributed by atoms with Gasteiger partial charge >= 0.3 is 0 Å². The molecule has 0 aromatic heterocycles. The van der Waals surface area contributed by atoms with Crippen LogP contribution in [0.5, 0.6) is 0 Å². The molecule has 0 radical (unpaired) electrons. The fraction of sp³-hybridized carbons (Fsp3) is 0.250. The molecule has 0 aliphatic rings. The number of halogens is 1. The van der Waals surface area contributed by atoms with Crippen LogP contribution in [0.2, 0.25) is 0 Å². The van der Waals surface area contributed by atoms with Crippen LogP contribution in [0.1, 0.15) is 12.5 Å². The summed E-state index contributed by atoms with van der Waals surface area (Å²) in [6.07, 6.45) is 0.645. The molecule has 3 N–H and O–H groups in total. The van der Waals surface area contributed by atoms with E-state index in [9.17, 15) is 4.39 Å². The molecule has 2 nitrogen and oxygen atoms in total. The highest BCUT2D eigenvalue weighted by Gasteiger charge is 2.03. The second-order valence-electron chi connectivity index (χ2n) is 2.26. The van der Waals surface area contributed by atoms with E-state index in [0.717, 1.165) is 0 Å². The number of hydrogen-bond acceptors (Lipinski definition) is 2. The number of nitrogens with two attached hydrogens (primary N) is 1. The van der Waals surface area contributed by atoms with Gasteiger partial charge in [-0.15, -0.1) is 0 Å². The van der Waals surface area contributed by atoms with E-state index in [0.29, 0.717) is 17.7 Å². The molecule has 0 heterocycles. The number of hydrogen-bond donors (Lipinski definition) is 2. The van der Waals surface area contributed by atoms with Crippen LogP contribution in [0.3, 0.4) is 0 Å². The van der Waals surface area contributed by atoms with E-state index >= 15 is 0 Å². The predicted octanol–water partition coefficient (Wildman–Crippen LogP) is 1.67. The molecule has 60 valence electrons. The summed E-state index contributed by atoms with van der Waals surface area (Å²) in [5.74, 6) is 4.97. The fourth-order valence-corrected chi connectivity index (χ4v) is 1.05. The van der Waals surface area contributed by atoms with E-state index in [-0.39, 0.29) is 5.82 Å². The summed E-state index contributed by atoms with van der Waals surface area (Å²) in [6, 6.07) is 4.81. The van der Waals surface area contributed by atoms with Gasteiger partial charge in [-0.2, -0.15) is 0 Å². The lowest BCUT2D eigenvalue weighted by Gasteiger charge is -2.06. The molecule has 1 aromatic rings. The first-order chi connectivity index (χ1) is 5.29. The van der Waals surface area contributed by atoms with Crippen LogP contribution < -0.4 is 11.3 Å². The van der Waals surface area contributed by atoms with Crippen LogP contribution in [0.25, 0.3) is 0 Å². The Labute approximate surface area is 65.2 Å². The second kappa shape index (κ2) is 3.34. The number of rotatable bonds is 2. The van der Waals surface area contributed by atoms with Gasteiger partial charge in [-0.1, -0.05) is 13.0 Å². The maximum absolute atomic E-state index is 12.9. The Hall–Kier alpha value is -1.09. The fourth-order valence-electron chi connectivity index (χ4n) is 1.05. The van der Waals surface area contributed by atoms with Crippen LogP contribution in [-0.2, 0) is 6.42 Å². The Morgan fingerprint density at radius 2 is 2.27 bits per heavy atom. The van der Waals surface area contributed by atoms with Gasteiger partial charge in [0.1, 0.15) is 5.82 Å². The van der Waals surface area contributed by atoms with Gasteiger partial charge in [-0.25, -0.2) is 4.39 Å². The van der Waals surface area contributed by atoms with Crippen molar-refractivity contribution in [2.24, 2.45) is 5.84 Å². The van der Waals surface area contributed by atoms with E-state index in [2.05, 4.69) is 5.43 Å². The first kappa shape index (κ1) is 8.01. The minimum Gasteiger partial charge on any atom is -0.324 e. The van der Waals surface area contributed by atoms with Crippen molar-refractivity contribution in [3.63, 3.8) is 0 Å². The van der Waals surface area contributed by atoms with E-state index in [4.69, 9.17) is 5.84 Å². The zero-order chi connectivity index (χ0) is 8.27. The lowest BCUT2D eigenvalue weighted by molar-refractivity contribution is 0.613. The van der Waals surface area contributed by atoms with Gasteiger partial charge in [-0.05, 0) is 18.6 Å². The van der Waals surface area contributed by atoms with Crippen molar-refractivity contribution in [1.29, 1.82) is 0 Å². The molecule has 1 aromatic carbocycles. The summed E-state index contributed by atoms with van der Waals surface area (Å²) in [5, 5.41) is 0. The van der Waals surface area contributed by atoms with Gasteiger partial charge in [0.2, 0.25) is 0 Å². The standard InChI is InChI=1S/C8H11FN2/c1-2-6-7(9)4-3-5-8(6)11-10/h3-5,11H,2,10H2,1H3. The predicted molar refractivity (Wildman–Crippen MR) is 43.6 cm³/mol. The van der Waals surface area contributed by atoms with E-state index in [1.165, 1.54) is 6.07 Å². The van der Waals surface area contributed by atoms with E-state index in [1.807, 2.05) is 6.92 Å². The van der Waals surface area contributed by atoms with Crippen molar-refractivity contribution >= 4 is 5.69 Å². The summed E-state index contributed by atoms with van der Waals surface area (Å²) < 4.78 is 12.9. The van der Waals surface area contributed by atoms with Crippen molar-refractivity contribution in [2.75, 3.05) is 5.43 Å². The van der Waals surface area contributed by atoms with Crippen molar-refractivity contribution in [2.45, 2.75) is 13.3 Å². The molecular weight excluding hydrogens is 143 g/mol. The number of nitrogens with one attached hydrogen (secondary N) is 1. The highest BCUT2D eigenvalue weighted by atomic mass is 19.1. The molecule has 0 aliphatic carbocycles. The van der Waals surface area contributed by atoms with Gasteiger partial charge in [0, 0.05) is 5.56 Å². The van der Waals surface area contributed by atoms with Crippen molar-refractivity contribution in [1.82, 2.24) is 0 Å². The highest BCUT2D eigenvalue weighted by molar-refractivity contribution is 5.50. The Kier molecular flexibility index (Phi) is 2.44. The number of nitrogen functional groups attached to an aromatic ring is 1. The normalized spacial score (nSPS) is 9.73. The molecule has 0 bridgehead atoms. The Morgan fingerprint density at radius 1 is 1.55 bits per heavy atom.